The Hall–Kier alpha value is -3.13. The van der Waals surface area contributed by atoms with Crippen LogP contribution in [-0.2, 0) is 4.79 Å². The lowest BCUT2D eigenvalue weighted by Gasteiger charge is -2.23. The Morgan fingerprint density at radius 2 is 2.10 bits per heavy atom. The smallest absolute Gasteiger partial charge is 0.257 e. The number of methoxy groups -OCH3 is 1. The van der Waals surface area contributed by atoms with Gasteiger partial charge in [-0.3, -0.25) is 9.59 Å². The number of thiazole rings is 1. The normalized spacial score (nSPS) is 16.1. The molecule has 7 nitrogen and oxygen atoms in total. The Morgan fingerprint density at radius 3 is 2.79 bits per heavy atom. The molecule has 1 fully saturated rings. The molecule has 1 aliphatic heterocycles. The van der Waals surface area contributed by atoms with E-state index < -0.39 is 6.04 Å². The highest BCUT2D eigenvalue weighted by Gasteiger charge is 2.35. The first kappa shape index (κ1) is 19.2. The second-order valence-corrected chi connectivity index (χ2v) is 7.89. The second kappa shape index (κ2) is 8.08. The fraction of sp³-hybridized carbons (Fsp3) is 0.286. The number of benzene rings is 1. The van der Waals surface area contributed by atoms with Gasteiger partial charge < -0.3 is 19.4 Å². The van der Waals surface area contributed by atoms with Crippen LogP contribution in [0, 0.1) is 6.92 Å². The molecule has 150 valence electrons. The van der Waals surface area contributed by atoms with Gasteiger partial charge >= 0.3 is 0 Å². The Labute approximate surface area is 172 Å². The van der Waals surface area contributed by atoms with Crippen LogP contribution in [0.4, 0.5) is 5.69 Å². The van der Waals surface area contributed by atoms with Crippen molar-refractivity contribution in [2.24, 2.45) is 0 Å². The van der Waals surface area contributed by atoms with E-state index >= 15 is 0 Å². The molecule has 1 aromatic carbocycles. The molecule has 0 aliphatic carbocycles. The van der Waals surface area contributed by atoms with E-state index in [1.54, 1.807) is 42.3 Å². The first-order valence-electron chi connectivity index (χ1n) is 9.32. The Bertz CT molecular complexity index is 1020. The maximum Gasteiger partial charge on any atom is 0.257 e. The van der Waals surface area contributed by atoms with Crippen molar-refractivity contribution in [2.45, 2.75) is 25.8 Å². The van der Waals surface area contributed by atoms with Crippen LogP contribution in [0.1, 0.15) is 28.2 Å². The summed E-state index contributed by atoms with van der Waals surface area (Å²) in [6.07, 6.45) is 2.84. The third kappa shape index (κ3) is 4.02. The molecule has 0 saturated carbocycles. The van der Waals surface area contributed by atoms with E-state index in [1.165, 1.54) is 17.6 Å². The largest absolute Gasteiger partial charge is 0.497 e. The third-order valence-electron chi connectivity index (χ3n) is 4.89. The van der Waals surface area contributed by atoms with Crippen molar-refractivity contribution in [3.05, 3.63) is 52.5 Å². The van der Waals surface area contributed by atoms with Crippen LogP contribution in [0.5, 0.6) is 5.75 Å². The molecule has 2 aromatic heterocycles. The number of hydrogen-bond acceptors (Lipinski definition) is 6. The number of aryl methyl sites for hydroxylation is 1. The van der Waals surface area contributed by atoms with Crippen LogP contribution in [0.25, 0.3) is 11.5 Å². The number of carbonyl (C=O) groups excluding carboxylic acids is 2. The summed E-state index contributed by atoms with van der Waals surface area (Å²) in [6, 6.07) is 8.28. The molecule has 0 spiro atoms. The van der Waals surface area contributed by atoms with Crippen LogP contribution in [0.2, 0.25) is 0 Å². The topological polar surface area (TPSA) is 84.7 Å². The molecule has 8 heteroatoms. The summed E-state index contributed by atoms with van der Waals surface area (Å²) in [5.41, 5.74) is 1.80. The number of amides is 2. The summed E-state index contributed by atoms with van der Waals surface area (Å²) in [4.78, 5) is 31.8. The molecule has 4 rings (SSSR count). The van der Waals surface area contributed by atoms with E-state index in [4.69, 9.17) is 9.15 Å². The first-order valence-corrected chi connectivity index (χ1v) is 10.2. The lowest BCUT2D eigenvalue weighted by atomic mass is 10.1. The molecular formula is C21H21N3O4S. The lowest BCUT2D eigenvalue weighted by Crippen LogP contribution is -2.43. The Balaban J connectivity index is 1.46. The highest BCUT2D eigenvalue weighted by Crippen LogP contribution is 2.27. The van der Waals surface area contributed by atoms with Gasteiger partial charge in [0.2, 0.25) is 5.91 Å². The molecule has 1 saturated heterocycles. The molecule has 1 aliphatic rings. The number of rotatable bonds is 5. The van der Waals surface area contributed by atoms with Gasteiger partial charge in [0, 0.05) is 17.6 Å². The molecule has 3 heterocycles. The summed E-state index contributed by atoms with van der Waals surface area (Å²) in [5, 5.41) is 5.71. The van der Waals surface area contributed by atoms with Crippen molar-refractivity contribution in [1.29, 1.82) is 0 Å². The number of carbonyl (C=O) groups is 2. The molecular weight excluding hydrogens is 390 g/mol. The van der Waals surface area contributed by atoms with Gasteiger partial charge in [0.1, 0.15) is 23.7 Å². The fourth-order valence-corrected chi connectivity index (χ4v) is 4.01. The highest BCUT2D eigenvalue weighted by molar-refractivity contribution is 7.09. The number of likely N-dealkylation sites (tertiary alicyclic amines) is 1. The molecule has 1 atom stereocenters. The van der Waals surface area contributed by atoms with E-state index in [1.807, 2.05) is 12.3 Å². The number of nitrogens with one attached hydrogen (secondary N) is 1. The van der Waals surface area contributed by atoms with E-state index in [0.29, 0.717) is 41.4 Å². The number of furan rings is 1. The molecule has 0 radical (unpaired) electrons. The standard InChI is InChI=1S/C21H21N3O4S/c1-13-22-17(12-29-13)19-10-14(11-28-19)21(26)24-9-3-4-18(24)20(25)23-15-5-7-16(27-2)8-6-15/h5-8,10-12,18H,3-4,9H2,1-2H3,(H,23,25). The van der Waals surface area contributed by atoms with Crippen LogP contribution < -0.4 is 10.1 Å². The van der Waals surface area contributed by atoms with Crippen molar-refractivity contribution < 1.29 is 18.7 Å². The zero-order valence-electron chi connectivity index (χ0n) is 16.2. The maximum atomic E-state index is 13.0. The Morgan fingerprint density at radius 1 is 1.31 bits per heavy atom. The van der Waals surface area contributed by atoms with Crippen LogP contribution in [-0.4, -0.2) is 41.4 Å². The molecule has 1 unspecified atom stereocenters. The molecule has 0 bridgehead atoms. The minimum absolute atomic E-state index is 0.195. The van der Waals surface area contributed by atoms with Crippen LogP contribution in [0.3, 0.4) is 0 Å². The van der Waals surface area contributed by atoms with E-state index in [0.717, 1.165) is 11.4 Å². The zero-order valence-corrected chi connectivity index (χ0v) is 17.0. The average Bonchev–Trinajstić information content (AvgIpc) is 3.48. The van der Waals surface area contributed by atoms with Crippen molar-refractivity contribution in [3.63, 3.8) is 0 Å². The summed E-state index contributed by atoms with van der Waals surface area (Å²) >= 11 is 1.52. The van der Waals surface area contributed by atoms with Gasteiger partial charge in [-0.25, -0.2) is 4.98 Å². The predicted octanol–water partition coefficient (Wildman–Crippen LogP) is 3.96. The monoisotopic (exact) mass is 411 g/mol. The summed E-state index contributed by atoms with van der Waals surface area (Å²) in [6.45, 7) is 2.45. The lowest BCUT2D eigenvalue weighted by molar-refractivity contribution is -0.119. The van der Waals surface area contributed by atoms with E-state index in [9.17, 15) is 9.59 Å². The van der Waals surface area contributed by atoms with Crippen molar-refractivity contribution in [1.82, 2.24) is 9.88 Å². The number of hydrogen-bond donors (Lipinski definition) is 1. The van der Waals surface area contributed by atoms with E-state index in [2.05, 4.69) is 10.3 Å². The van der Waals surface area contributed by atoms with E-state index in [-0.39, 0.29) is 11.8 Å². The first-order chi connectivity index (χ1) is 14.0. The van der Waals surface area contributed by atoms with Gasteiger partial charge in [-0.15, -0.1) is 11.3 Å². The SMILES string of the molecule is COc1ccc(NC(=O)C2CCCN2C(=O)c2coc(-c3csc(C)n3)c2)cc1. The number of ether oxygens (including phenoxy) is 1. The number of aromatic nitrogens is 1. The minimum Gasteiger partial charge on any atom is -0.497 e. The maximum absolute atomic E-state index is 13.0. The van der Waals surface area contributed by atoms with Crippen LogP contribution in [0.15, 0.2) is 46.4 Å². The Kier molecular flexibility index (Phi) is 5.35. The summed E-state index contributed by atoms with van der Waals surface area (Å²) < 4.78 is 10.7. The van der Waals surface area contributed by atoms with Crippen LogP contribution >= 0.6 is 11.3 Å². The van der Waals surface area contributed by atoms with Gasteiger partial charge in [-0.05, 0) is 50.1 Å². The third-order valence-corrected chi connectivity index (χ3v) is 5.67. The number of nitrogens with zero attached hydrogens (tertiary/aromatic N) is 2. The summed E-state index contributed by atoms with van der Waals surface area (Å²) in [5.74, 6) is 0.863. The summed E-state index contributed by atoms with van der Waals surface area (Å²) in [7, 11) is 1.59. The van der Waals surface area contributed by atoms with Crippen molar-refractivity contribution >= 4 is 28.8 Å². The van der Waals surface area contributed by atoms with Crippen molar-refractivity contribution in [3.8, 4) is 17.2 Å². The van der Waals surface area contributed by atoms with Crippen molar-refractivity contribution in [2.75, 3.05) is 19.0 Å². The van der Waals surface area contributed by atoms with Gasteiger partial charge in [0.25, 0.3) is 5.91 Å². The fourth-order valence-electron chi connectivity index (χ4n) is 3.41. The molecule has 3 aromatic rings. The molecule has 2 amide bonds. The van der Waals surface area contributed by atoms with Gasteiger partial charge in [0.15, 0.2) is 5.76 Å². The molecule has 29 heavy (non-hydrogen) atoms. The second-order valence-electron chi connectivity index (χ2n) is 6.83. The van der Waals surface area contributed by atoms with Gasteiger partial charge in [-0.1, -0.05) is 0 Å². The molecule has 1 N–H and O–H groups in total. The highest BCUT2D eigenvalue weighted by atomic mass is 32.1. The number of anilines is 1. The average molecular weight is 411 g/mol. The minimum atomic E-state index is -0.510. The van der Waals surface area contributed by atoms with Gasteiger partial charge in [0.05, 0.1) is 17.7 Å². The zero-order chi connectivity index (χ0) is 20.4. The van der Waals surface area contributed by atoms with Gasteiger partial charge in [-0.2, -0.15) is 0 Å². The quantitative estimate of drug-likeness (QED) is 0.687. The predicted molar refractivity (Wildman–Crippen MR) is 110 cm³/mol.